The quantitative estimate of drug-likeness (QED) is 0.715. The van der Waals surface area contributed by atoms with Crippen molar-refractivity contribution in [1.29, 1.82) is 0 Å². The molecule has 5 rings (SSSR count). The third-order valence-electron chi connectivity index (χ3n) is 7.49. The van der Waals surface area contributed by atoms with E-state index in [9.17, 15) is 19.1 Å². The number of halogens is 1. The Hall–Kier alpha value is -3.17. The Bertz CT molecular complexity index is 1130. The molecule has 2 heterocycles. The molecule has 1 aliphatic carbocycles. The van der Waals surface area contributed by atoms with Crippen molar-refractivity contribution in [1.82, 2.24) is 9.80 Å². The van der Waals surface area contributed by atoms with Gasteiger partial charge in [0.1, 0.15) is 5.82 Å². The molecule has 176 valence electrons. The lowest BCUT2D eigenvalue weighted by Crippen LogP contribution is -2.73. The number of carbonyl (C=O) groups is 2. The number of aliphatic hydroxyl groups excluding tert-OH is 1. The van der Waals surface area contributed by atoms with Gasteiger partial charge in [0.2, 0.25) is 11.8 Å². The summed E-state index contributed by atoms with van der Waals surface area (Å²) in [6, 6.07) is 13.6. The van der Waals surface area contributed by atoms with E-state index in [2.05, 4.69) is 11.8 Å². The smallest absolute Gasteiger partial charge is 0.242 e. The number of benzene rings is 2. The second-order valence-electron chi connectivity index (χ2n) is 9.58. The standard InChI is InChI=1S/C28H29FN2O3/c29-23-8-4-5-20(15-23)10-9-19-11-13-21(14-12-19)27-24-16-30(17-26(33)31(24)25(27)18-32)28(34)22-6-2-1-3-7-22/h4-5,8,11-15,22,24-25,27,32H,1-3,6-7,16-18H2/t24-,25-,27+/m1/s1. The number of nitrogens with zero attached hydrogens (tertiary/aromatic N) is 2. The first-order valence-electron chi connectivity index (χ1n) is 12.1. The zero-order chi connectivity index (χ0) is 23.7. The summed E-state index contributed by atoms with van der Waals surface area (Å²) in [5.41, 5.74) is 2.44. The van der Waals surface area contributed by atoms with Crippen LogP contribution in [0.3, 0.4) is 0 Å². The van der Waals surface area contributed by atoms with Crippen LogP contribution < -0.4 is 0 Å². The van der Waals surface area contributed by atoms with Gasteiger partial charge in [0.15, 0.2) is 0 Å². The molecule has 2 aromatic rings. The highest BCUT2D eigenvalue weighted by atomic mass is 19.1. The van der Waals surface area contributed by atoms with Crippen molar-refractivity contribution < 1.29 is 19.1 Å². The number of fused-ring (bicyclic) bond motifs is 1. The molecule has 2 aliphatic heterocycles. The number of hydrogen-bond donors (Lipinski definition) is 1. The van der Waals surface area contributed by atoms with E-state index < -0.39 is 0 Å². The van der Waals surface area contributed by atoms with Crippen LogP contribution in [0, 0.1) is 23.6 Å². The molecule has 5 nitrogen and oxygen atoms in total. The summed E-state index contributed by atoms with van der Waals surface area (Å²) < 4.78 is 13.4. The lowest BCUT2D eigenvalue weighted by molar-refractivity contribution is -0.168. The Morgan fingerprint density at radius 2 is 1.76 bits per heavy atom. The Balaban J connectivity index is 1.32. The van der Waals surface area contributed by atoms with Gasteiger partial charge < -0.3 is 14.9 Å². The summed E-state index contributed by atoms with van der Waals surface area (Å²) in [6.07, 6.45) is 5.17. The third kappa shape index (κ3) is 4.33. The molecule has 34 heavy (non-hydrogen) atoms. The second-order valence-corrected chi connectivity index (χ2v) is 9.58. The molecule has 2 aromatic carbocycles. The maximum atomic E-state index is 13.4. The summed E-state index contributed by atoms with van der Waals surface area (Å²) >= 11 is 0. The van der Waals surface area contributed by atoms with Crippen molar-refractivity contribution in [3.8, 4) is 11.8 Å². The van der Waals surface area contributed by atoms with Crippen LogP contribution in [-0.4, -0.2) is 58.5 Å². The van der Waals surface area contributed by atoms with Crippen molar-refractivity contribution >= 4 is 11.8 Å². The predicted molar refractivity (Wildman–Crippen MR) is 126 cm³/mol. The van der Waals surface area contributed by atoms with E-state index in [-0.39, 0.29) is 54.7 Å². The molecule has 0 spiro atoms. The van der Waals surface area contributed by atoms with Gasteiger partial charge in [-0.3, -0.25) is 9.59 Å². The molecular formula is C28H29FN2O3. The largest absolute Gasteiger partial charge is 0.394 e. The van der Waals surface area contributed by atoms with Crippen molar-refractivity contribution in [3.05, 3.63) is 71.0 Å². The first kappa shape index (κ1) is 22.6. The van der Waals surface area contributed by atoms with Crippen LogP contribution in [0.25, 0.3) is 0 Å². The lowest BCUT2D eigenvalue weighted by Gasteiger charge is -2.59. The fourth-order valence-corrected chi connectivity index (χ4v) is 5.77. The molecule has 0 aromatic heterocycles. The van der Waals surface area contributed by atoms with Gasteiger partial charge in [-0.05, 0) is 48.7 Å². The molecule has 1 N–H and O–H groups in total. The Labute approximate surface area is 199 Å². The van der Waals surface area contributed by atoms with Crippen LogP contribution >= 0.6 is 0 Å². The normalized spacial score (nSPS) is 24.6. The van der Waals surface area contributed by atoms with Gasteiger partial charge in [0.25, 0.3) is 0 Å². The molecule has 0 radical (unpaired) electrons. The molecule has 2 amide bonds. The van der Waals surface area contributed by atoms with Crippen LogP contribution in [0.5, 0.6) is 0 Å². The van der Waals surface area contributed by atoms with Crippen molar-refractivity contribution in [2.75, 3.05) is 19.7 Å². The first-order chi connectivity index (χ1) is 16.5. The Morgan fingerprint density at radius 3 is 2.47 bits per heavy atom. The van der Waals surface area contributed by atoms with E-state index in [4.69, 9.17) is 0 Å². The molecule has 0 unspecified atom stereocenters. The van der Waals surface area contributed by atoms with Crippen LogP contribution in [0.15, 0.2) is 48.5 Å². The Morgan fingerprint density at radius 1 is 1.03 bits per heavy atom. The molecule has 3 atom stereocenters. The molecule has 1 saturated carbocycles. The zero-order valence-corrected chi connectivity index (χ0v) is 19.1. The van der Waals surface area contributed by atoms with Crippen LogP contribution in [0.2, 0.25) is 0 Å². The Kier molecular flexibility index (Phi) is 6.38. The molecule has 2 saturated heterocycles. The second kappa shape index (κ2) is 9.60. The van der Waals surface area contributed by atoms with E-state index in [1.807, 2.05) is 24.3 Å². The lowest BCUT2D eigenvalue weighted by atomic mass is 9.73. The maximum Gasteiger partial charge on any atom is 0.242 e. The molecule has 3 aliphatic rings. The number of amides is 2. The average Bonchev–Trinajstić information content (AvgIpc) is 2.85. The molecule has 3 fully saturated rings. The van der Waals surface area contributed by atoms with Gasteiger partial charge in [-0.1, -0.05) is 49.3 Å². The fraction of sp³-hybridized carbons (Fsp3) is 0.429. The average molecular weight is 461 g/mol. The van der Waals surface area contributed by atoms with Gasteiger partial charge in [-0.2, -0.15) is 0 Å². The number of rotatable bonds is 3. The van der Waals surface area contributed by atoms with Gasteiger partial charge >= 0.3 is 0 Å². The minimum absolute atomic E-state index is 0.0267. The van der Waals surface area contributed by atoms with Gasteiger partial charge in [0.05, 0.1) is 25.2 Å². The highest BCUT2D eigenvalue weighted by Gasteiger charge is 2.54. The van der Waals surface area contributed by atoms with E-state index in [1.165, 1.54) is 18.6 Å². The summed E-state index contributed by atoms with van der Waals surface area (Å²) in [5, 5.41) is 10.0. The van der Waals surface area contributed by atoms with Crippen molar-refractivity contribution in [3.63, 3.8) is 0 Å². The van der Waals surface area contributed by atoms with E-state index in [0.717, 1.165) is 36.8 Å². The molecular weight excluding hydrogens is 431 g/mol. The zero-order valence-electron chi connectivity index (χ0n) is 19.1. The number of hydrogen-bond acceptors (Lipinski definition) is 3. The van der Waals surface area contributed by atoms with Gasteiger partial charge in [-0.15, -0.1) is 0 Å². The maximum absolute atomic E-state index is 13.4. The van der Waals surface area contributed by atoms with Crippen molar-refractivity contribution in [2.45, 2.75) is 50.1 Å². The fourth-order valence-electron chi connectivity index (χ4n) is 5.77. The summed E-state index contributed by atoms with van der Waals surface area (Å²) in [5.74, 6) is 5.76. The van der Waals surface area contributed by atoms with Crippen molar-refractivity contribution in [2.24, 2.45) is 5.92 Å². The SMILES string of the molecule is O=C(C1CCCCC1)N1CC(=O)N2[C@H](CO)[C@@H](c3ccc(C#Cc4cccc(F)c4)cc3)[C@H]2C1. The topological polar surface area (TPSA) is 60.9 Å². The predicted octanol–water partition coefficient (Wildman–Crippen LogP) is 3.30. The first-order valence-corrected chi connectivity index (χ1v) is 12.1. The van der Waals surface area contributed by atoms with Crippen LogP contribution in [0.1, 0.15) is 54.7 Å². The summed E-state index contributed by atoms with van der Waals surface area (Å²) in [7, 11) is 0. The number of carbonyl (C=O) groups excluding carboxylic acids is 2. The minimum Gasteiger partial charge on any atom is -0.394 e. The van der Waals surface area contributed by atoms with Crippen LogP contribution in [0.4, 0.5) is 4.39 Å². The number of aliphatic hydroxyl groups is 1. The molecule has 0 bridgehead atoms. The number of piperazine rings is 1. The minimum atomic E-state index is -0.315. The third-order valence-corrected chi connectivity index (χ3v) is 7.49. The monoisotopic (exact) mass is 460 g/mol. The van der Waals surface area contributed by atoms with Gasteiger partial charge in [-0.25, -0.2) is 4.39 Å². The highest BCUT2D eigenvalue weighted by molar-refractivity contribution is 5.88. The van der Waals surface area contributed by atoms with Gasteiger partial charge in [0, 0.05) is 29.5 Å². The summed E-state index contributed by atoms with van der Waals surface area (Å²) in [6.45, 7) is 0.525. The van der Waals surface area contributed by atoms with E-state index >= 15 is 0 Å². The highest BCUT2D eigenvalue weighted by Crippen LogP contribution is 2.43. The van der Waals surface area contributed by atoms with Crippen LogP contribution in [-0.2, 0) is 9.59 Å². The van der Waals surface area contributed by atoms with E-state index in [0.29, 0.717) is 12.1 Å². The molecule has 6 heteroatoms. The van der Waals surface area contributed by atoms with E-state index in [1.54, 1.807) is 21.9 Å². The summed E-state index contributed by atoms with van der Waals surface area (Å²) in [4.78, 5) is 29.5.